The quantitative estimate of drug-likeness (QED) is 0.549. The molecular weight excluding hydrogens is 190 g/mol. The maximum Gasteiger partial charge on any atom is 0.240 e. The normalized spacial score (nSPS) is 15.2. The van der Waals surface area contributed by atoms with Gasteiger partial charge in [0.25, 0.3) is 0 Å². The zero-order valence-corrected chi connectivity index (χ0v) is 8.05. The predicted molar refractivity (Wildman–Crippen MR) is 54.9 cm³/mol. The van der Waals surface area contributed by atoms with E-state index in [1.165, 1.54) is 12.8 Å². The summed E-state index contributed by atoms with van der Waals surface area (Å²) in [6.45, 7) is 0. The van der Waals surface area contributed by atoms with Crippen molar-refractivity contribution in [2.45, 2.75) is 18.8 Å². The molecule has 0 amide bonds. The van der Waals surface area contributed by atoms with Gasteiger partial charge in [-0.05, 0) is 25.0 Å². The third-order valence-corrected chi connectivity index (χ3v) is 2.69. The van der Waals surface area contributed by atoms with Crippen molar-refractivity contribution in [2.24, 2.45) is 4.99 Å². The minimum atomic E-state index is 0.586. The molecule has 2 aromatic rings. The lowest BCUT2D eigenvalue weighted by molar-refractivity contribution is 0.565. The average Bonchev–Trinajstić information content (AvgIpc) is 3.00. The van der Waals surface area contributed by atoms with E-state index in [4.69, 9.17) is 0 Å². The van der Waals surface area contributed by atoms with Gasteiger partial charge in [0.15, 0.2) is 0 Å². The Morgan fingerprint density at radius 2 is 2.40 bits per heavy atom. The van der Waals surface area contributed by atoms with Crippen molar-refractivity contribution in [3.05, 3.63) is 30.4 Å². The van der Waals surface area contributed by atoms with E-state index in [0.717, 1.165) is 11.3 Å². The number of hydrogen-bond acceptors (Lipinski definition) is 3. The first kappa shape index (κ1) is 8.38. The molecule has 0 atom stereocenters. The summed E-state index contributed by atoms with van der Waals surface area (Å²) in [5, 5.41) is 0. The molecule has 0 saturated heterocycles. The lowest BCUT2D eigenvalue weighted by atomic mass is 10.3. The Kier molecular flexibility index (Phi) is 1.70. The summed E-state index contributed by atoms with van der Waals surface area (Å²) in [6, 6.07) is 3.66. The zero-order valence-electron chi connectivity index (χ0n) is 8.05. The van der Waals surface area contributed by atoms with Gasteiger partial charge in [-0.3, -0.25) is 0 Å². The summed E-state index contributed by atoms with van der Waals surface area (Å²) in [5.74, 6) is 1.66. The summed E-state index contributed by atoms with van der Waals surface area (Å²) >= 11 is 0. The molecule has 74 valence electrons. The van der Waals surface area contributed by atoms with Crippen LogP contribution in [-0.4, -0.2) is 15.5 Å². The monoisotopic (exact) mass is 199 g/mol. The van der Waals surface area contributed by atoms with Crippen molar-refractivity contribution in [1.29, 1.82) is 0 Å². The van der Waals surface area contributed by atoms with Crippen LogP contribution >= 0.6 is 0 Å². The van der Waals surface area contributed by atoms with Gasteiger partial charge < -0.3 is 4.40 Å². The second-order valence-corrected chi connectivity index (χ2v) is 3.74. The smallest absolute Gasteiger partial charge is 0.240 e. The maximum absolute atomic E-state index is 10.2. The molecule has 3 rings (SSSR count). The third-order valence-electron chi connectivity index (χ3n) is 2.69. The van der Waals surface area contributed by atoms with Crippen LogP contribution in [0.25, 0.3) is 5.52 Å². The van der Waals surface area contributed by atoms with Gasteiger partial charge in [0, 0.05) is 12.1 Å². The molecule has 4 nitrogen and oxygen atoms in total. The van der Waals surface area contributed by atoms with E-state index in [-0.39, 0.29) is 0 Å². The number of isocyanates is 1. The molecule has 15 heavy (non-hydrogen) atoms. The number of pyridine rings is 1. The first-order valence-corrected chi connectivity index (χ1v) is 4.94. The van der Waals surface area contributed by atoms with Gasteiger partial charge in [-0.25, -0.2) is 9.78 Å². The van der Waals surface area contributed by atoms with Crippen molar-refractivity contribution in [1.82, 2.24) is 9.38 Å². The average molecular weight is 199 g/mol. The summed E-state index contributed by atoms with van der Waals surface area (Å²) in [6.07, 6.45) is 7.71. The number of aromatic nitrogens is 2. The number of rotatable bonds is 2. The van der Waals surface area contributed by atoms with Crippen LogP contribution in [0.4, 0.5) is 5.69 Å². The van der Waals surface area contributed by atoms with E-state index < -0.39 is 0 Å². The van der Waals surface area contributed by atoms with E-state index in [1.54, 1.807) is 18.3 Å². The van der Waals surface area contributed by atoms with Crippen LogP contribution in [0.5, 0.6) is 0 Å². The van der Waals surface area contributed by atoms with Crippen molar-refractivity contribution in [3.8, 4) is 0 Å². The first-order chi connectivity index (χ1) is 7.40. The molecule has 2 aromatic heterocycles. The Hall–Kier alpha value is -1.93. The molecule has 1 saturated carbocycles. The highest BCUT2D eigenvalue weighted by molar-refractivity contribution is 5.71. The Labute approximate surface area is 86.3 Å². The van der Waals surface area contributed by atoms with Crippen LogP contribution in [-0.2, 0) is 4.79 Å². The Morgan fingerprint density at radius 3 is 3.13 bits per heavy atom. The Balaban J connectivity index is 2.27. The number of hydrogen-bond donors (Lipinski definition) is 0. The fraction of sp³-hybridized carbons (Fsp3) is 0.273. The SMILES string of the molecule is O=C=Nc1cccn2c(C3CC3)ncc12. The molecule has 1 aliphatic carbocycles. The van der Waals surface area contributed by atoms with Gasteiger partial charge in [-0.15, -0.1) is 0 Å². The summed E-state index contributed by atoms with van der Waals surface area (Å²) in [4.78, 5) is 18.3. The number of fused-ring (bicyclic) bond motifs is 1. The number of carbonyl (C=O) groups excluding carboxylic acids is 1. The first-order valence-electron chi connectivity index (χ1n) is 4.94. The molecule has 2 heterocycles. The fourth-order valence-corrected chi connectivity index (χ4v) is 1.81. The second-order valence-electron chi connectivity index (χ2n) is 3.74. The topological polar surface area (TPSA) is 46.7 Å². The number of imidazole rings is 1. The number of aliphatic imine (C=N–C) groups is 1. The maximum atomic E-state index is 10.2. The van der Waals surface area contributed by atoms with Gasteiger partial charge in [0.05, 0.1) is 11.7 Å². The lowest BCUT2D eigenvalue weighted by Crippen LogP contribution is -1.90. The van der Waals surface area contributed by atoms with E-state index in [9.17, 15) is 4.79 Å². The van der Waals surface area contributed by atoms with E-state index in [2.05, 4.69) is 9.98 Å². The lowest BCUT2D eigenvalue weighted by Gasteiger charge is -1.99. The minimum Gasteiger partial charge on any atom is -0.301 e. The molecule has 4 heteroatoms. The largest absolute Gasteiger partial charge is 0.301 e. The van der Waals surface area contributed by atoms with E-state index >= 15 is 0 Å². The standard InChI is InChI=1S/C11H9N3O/c15-7-13-9-2-1-5-14-10(9)6-12-11(14)8-3-4-8/h1-2,5-6,8H,3-4H2. The van der Waals surface area contributed by atoms with Gasteiger partial charge >= 0.3 is 0 Å². The molecule has 0 unspecified atom stereocenters. The van der Waals surface area contributed by atoms with Crippen molar-refractivity contribution in [3.63, 3.8) is 0 Å². The van der Waals surface area contributed by atoms with Gasteiger partial charge in [0.1, 0.15) is 11.5 Å². The van der Waals surface area contributed by atoms with Gasteiger partial charge in [0.2, 0.25) is 6.08 Å². The zero-order chi connectivity index (χ0) is 10.3. The van der Waals surface area contributed by atoms with Crippen LogP contribution in [0.1, 0.15) is 24.6 Å². The fourth-order valence-electron chi connectivity index (χ4n) is 1.81. The highest BCUT2D eigenvalue weighted by Gasteiger charge is 2.27. The second kappa shape index (κ2) is 3.04. The molecule has 1 fully saturated rings. The Morgan fingerprint density at radius 1 is 1.53 bits per heavy atom. The van der Waals surface area contributed by atoms with Crippen molar-refractivity contribution in [2.75, 3.05) is 0 Å². The van der Waals surface area contributed by atoms with E-state index in [0.29, 0.717) is 11.6 Å². The molecule has 1 aliphatic rings. The minimum absolute atomic E-state index is 0.586. The molecule has 0 aromatic carbocycles. The van der Waals surface area contributed by atoms with E-state index in [1.807, 2.05) is 16.7 Å². The predicted octanol–water partition coefficient (Wildman–Crippen LogP) is 2.18. The summed E-state index contributed by atoms with van der Waals surface area (Å²) < 4.78 is 2.01. The molecular formula is C11H9N3O. The van der Waals surface area contributed by atoms with Crippen LogP contribution in [0.3, 0.4) is 0 Å². The summed E-state index contributed by atoms with van der Waals surface area (Å²) in [7, 11) is 0. The van der Waals surface area contributed by atoms with Crippen LogP contribution in [0.15, 0.2) is 29.5 Å². The van der Waals surface area contributed by atoms with Crippen molar-refractivity contribution < 1.29 is 4.79 Å². The summed E-state index contributed by atoms with van der Waals surface area (Å²) in [5.41, 5.74) is 1.51. The van der Waals surface area contributed by atoms with Crippen LogP contribution < -0.4 is 0 Å². The Bertz CT molecular complexity index is 562. The van der Waals surface area contributed by atoms with Gasteiger partial charge in [-0.2, -0.15) is 4.99 Å². The van der Waals surface area contributed by atoms with Crippen LogP contribution in [0, 0.1) is 0 Å². The highest BCUT2D eigenvalue weighted by atomic mass is 16.1. The molecule has 0 bridgehead atoms. The highest BCUT2D eigenvalue weighted by Crippen LogP contribution is 2.40. The number of nitrogens with zero attached hydrogens (tertiary/aromatic N) is 3. The molecule has 0 aliphatic heterocycles. The van der Waals surface area contributed by atoms with Gasteiger partial charge in [-0.1, -0.05) is 0 Å². The molecule has 0 N–H and O–H groups in total. The molecule has 0 spiro atoms. The third kappa shape index (κ3) is 1.27. The van der Waals surface area contributed by atoms with Crippen LogP contribution in [0.2, 0.25) is 0 Å². The molecule has 0 radical (unpaired) electrons. The van der Waals surface area contributed by atoms with Crippen molar-refractivity contribution >= 4 is 17.3 Å².